The maximum atomic E-state index is 14.5. The van der Waals surface area contributed by atoms with Crippen LogP contribution in [0.5, 0.6) is 0 Å². The number of hydrogen-bond acceptors (Lipinski definition) is 7. The number of hydrogen-bond donors (Lipinski definition) is 1. The van der Waals surface area contributed by atoms with Gasteiger partial charge in [-0.25, -0.2) is 4.98 Å². The van der Waals surface area contributed by atoms with Crippen molar-refractivity contribution in [3.63, 3.8) is 0 Å². The Balaban J connectivity index is 1.28. The van der Waals surface area contributed by atoms with Gasteiger partial charge in [0, 0.05) is 35.1 Å². The van der Waals surface area contributed by atoms with E-state index in [1.807, 2.05) is 54.5 Å². The van der Waals surface area contributed by atoms with Crippen LogP contribution in [0.1, 0.15) is 91.6 Å². The quantitative estimate of drug-likeness (QED) is 0.322. The molecule has 3 fully saturated rings. The van der Waals surface area contributed by atoms with Gasteiger partial charge in [-0.3, -0.25) is 19.3 Å². The highest BCUT2D eigenvalue weighted by molar-refractivity contribution is 7.21. The van der Waals surface area contributed by atoms with Crippen molar-refractivity contribution in [3.05, 3.63) is 51.3 Å². The molecule has 2 saturated heterocycles. The van der Waals surface area contributed by atoms with Crippen LogP contribution in [-0.4, -0.2) is 64.1 Å². The standard InChI is InChI=1S/C32H40N4O3S2/c1-3-20(2)30(38)34-28(21-10-5-4-6-11-21)32(39)36-17-23-13-9-15-35(23)18-25(36)31-33-24(19-40-31)29(37)27-16-22-12-7-8-14-26(22)41-27/h7-8,12,14,16,19-21,23,25,28H,3-6,9-11,13,15,17-18H2,1-2H3,(H,34,38)/t20-,23-,25+,28+/m1/s1. The minimum atomic E-state index is -0.508. The second-order valence-corrected chi connectivity index (χ2v) is 14.0. The Labute approximate surface area is 250 Å². The van der Waals surface area contributed by atoms with Crippen LogP contribution in [0.3, 0.4) is 0 Å². The van der Waals surface area contributed by atoms with E-state index in [-0.39, 0.29) is 35.5 Å². The van der Waals surface area contributed by atoms with Crippen molar-refractivity contribution in [1.29, 1.82) is 0 Å². The average molecular weight is 593 g/mol. The molecule has 41 heavy (non-hydrogen) atoms. The normalized spacial score (nSPS) is 23.3. The summed E-state index contributed by atoms with van der Waals surface area (Å²) in [6, 6.07) is 9.58. The molecular formula is C32H40N4O3S2. The number of nitrogens with one attached hydrogen (secondary N) is 1. The van der Waals surface area contributed by atoms with Crippen LogP contribution >= 0.6 is 22.7 Å². The highest BCUT2D eigenvalue weighted by atomic mass is 32.1. The largest absolute Gasteiger partial charge is 0.344 e. The summed E-state index contributed by atoms with van der Waals surface area (Å²) in [5, 5.41) is 6.93. The van der Waals surface area contributed by atoms with Gasteiger partial charge < -0.3 is 10.2 Å². The van der Waals surface area contributed by atoms with Gasteiger partial charge in [0.1, 0.15) is 16.7 Å². The molecule has 7 nitrogen and oxygen atoms in total. The maximum absolute atomic E-state index is 14.5. The van der Waals surface area contributed by atoms with E-state index in [2.05, 4.69) is 10.2 Å². The molecule has 3 aliphatic rings. The molecule has 6 rings (SSSR count). The zero-order valence-electron chi connectivity index (χ0n) is 24.0. The van der Waals surface area contributed by atoms with Gasteiger partial charge in [0.2, 0.25) is 17.6 Å². The van der Waals surface area contributed by atoms with Crippen LogP contribution in [0, 0.1) is 11.8 Å². The van der Waals surface area contributed by atoms with Crippen LogP contribution in [0.15, 0.2) is 35.7 Å². The summed E-state index contributed by atoms with van der Waals surface area (Å²) in [4.78, 5) is 51.1. The Morgan fingerprint density at radius 3 is 2.66 bits per heavy atom. The van der Waals surface area contributed by atoms with Gasteiger partial charge in [0.15, 0.2) is 0 Å². The van der Waals surface area contributed by atoms with Crippen molar-refractivity contribution in [2.45, 2.75) is 83.3 Å². The molecule has 2 aliphatic heterocycles. The van der Waals surface area contributed by atoms with Crippen LogP contribution < -0.4 is 5.32 Å². The summed E-state index contributed by atoms with van der Waals surface area (Å²) >= 11 is 2.97. The van der Waals surface area contributed by atoms with E-state index in [1.54, 1.807) is 0 Å². The number of carbonyl (C=O) groups excluding carboxylic acids is 3. The van der Waals surface area contributed by atoms with Crippen LogP contribution in [-0.2, 0) is 9.59 Å². The van der Waals surface area contributed by atoms with Gasteiger partial charge >= 0.3 is 0 Å². The van der Waals surface area contributed by atoms with Gasteiger partial charge in [0.25, 0.3) is 0 Å². The van der Waals surface area contributed by atoms with Gasteiger partial charge in [0.05, 0.1) is 10.9 Å². The number of benzene rings is 1. The molecule has 4 heterocycles. The first kappa shape index (κ1) is 28.5. The van der Waals surface area contributed by atoms with E-state index < -0.39 is 6.04 Å². The SMILES string of the molecule is CC[C@@H](C)C(=O)N[C@H](C(=O)N1C[C@H]2CCCN2C[C@H]1c1nc(C(=O)c2cc3ccccc3s2)cs1)C1CCCCC1. The summed E-state index contributed by atoms with van der Waals surface area (Å²) in [6.07, 6.45) is 8.28. The number of piperazine rings is 1. The van der Waals surface area contributed by atoms with E-state index in [9.17, 15) is 14.4 Å². The van der Waals surface area contributed by atoms with Gasteiger partial charge in [-0.05, 0) is 62.1 Å². The molecule has 0 unspecified atom stereocenters. The number of carbonyl (C=O) groups is 3. The number of thiophene rings is 1. The highest BCUT2D eigenvalue weighted by Gasteiger charge is 2.44. The molecule has 1 N–H and O–H groups in total. The first-order valence-electron chi connectivity index (χ1n) is 15.3. The second kappa shape index (κ2) is 12.3. The fourth-order valence-corrected chi connectivity index (χ4v) is 8.66. The van der Waals surface area contributed by atoms with Gasteiger partial charge in [-0.15, -0.1) is 22.7 Å². The number of ketones is 1. The fourth-order valence-electron chi connectivity index (χ4n) is 6.75. The van der Waals surface area contributed by atoms with Crippen molar-refractivity contribution in [2.24, 2.45) is 11.8 Å². The van der Waals surface area contributed by atoms with Crippen LogP contribution in [0.4, 0.5) is 0 Å². The predicted octanol–water partition coefficient (Wildman–Crippen LogP) is 6.05. The maximum Gasteiger partial charge on any atom is 0.246 e. The van der Waals surface area contributed by atoms with E-state index >= 15 is 0 Å². The van der Waals surface area contributed by atoms with E-state index in [0.29, 0.717) is 23.2 Å². The minimum absolute atomic E-state index is 0.0256. The van der Waals surface area contributed by atoms with Crippen molar-refractivity contribution >= 4 is 50.4 Å². The Hall–Kier alpha value is -2.62. The number of thiazole rings is 1. The summed E-state index contributed by atoms with van der Waals surface area (Å²) < 4.78 is 1.09. The van der Waals surface area contributed by atoms with Crippen molar-refractivity contribution in [1.82, 2.24) is 20.1 Å². The van der Waals surface area contributed by atoms with Crippen molar-refractivity contribution in [3.8, 4) is 0 Å². The monoisotopic (exact) mass is 592 g/mol. The molecule has 0 spiro atoms. The molecule has 1 aliphatic carbocycles. The lowest BCUT2D eigenvalue weighted by Gasteiger charge is -2.45. The molecule has 218 valence electrons. The van der Waals surface area contributed by atoms with Crippen LogP contribution in [0.2, 0.25) is 0 Å². The highest BCUT2D eigenvalue weighted by Crippen LogP contribution is 2.37. The fraction of sp³-hybridized carbons (Fsp3) is 0.562. The smallest absolute Gasteiger partial charge is 0.246 e. The van der Waals surface area contributed by atoms with Gasteiger partial charge in [-0.1, -0.05) is 51.3 Å². The molecule has 4 atom stereocenters. The molecule has 0 bridgehead atoms. The van der Waals surface area contributed by atoms with Crippen LogP contribution in [0.25, 0.3) is 10.1 Å². The summed E-state index contributed by atoms with van der Waals surface area (Å²) in [6.45, 7) is 6.33. The molecule has 9 heteroatoms. The molecule has 2 aromatic heterocycles. The number of aromatic nitrogens is 1. The molecule has 2 amide bonds. The van der Waals surface area contributed by atoms with Crippen molar-refractivity contribution < 1.29 is 14.4 Å². The molecule has 1 aromatic carbocycles. The van der Waals surface area contributed by atoms with E-state index in [1.165, 1.54) is 29.1 Å². The summed E-state index contributed by atoms with van der Waals surface area (Å²) in [7, 11) is 0. The molecular weight excluding hydrogens is 553 g/mol. The Morgan fingerprint density at radius 1 is 1.07 bits per heavy atom. The second-order valence-electron chi connectivity index (χ2n) is 12.0. The Kier molecular flexibility index (Phi) is 8.56. The molecule has 0 radical (unpaired) electrons. The van der Waals surface area contributed by atoms with Crippen molar-refractivity contribution in [2.75, 3.05) is 19.6 Å². The zero-order chi connectivity index (χ0) is 28.5. The van der Waals surface area contributed by atoms with E-state index in [4.69, 9.17) is 4.98 Å². The third-order valence-electron chi connectivity index (χ3n) is 9.41. The van der Waals surface area contributed by atoms with E-state index in [0.717, 1.165) is 73.1 Å². The summed E-state index contributed by atoms with van der Waals surface area (Å²) in [5.74, 6) is -0.0383. The first-order chi connectivity index (χ1) is 19.9. The topological polar surface area (TPSA) is 82.6 Å². The Morgan fingerprint density at radius 2 is 1.88 bits per heavy atom. The average Bonchev–Trinajstić information content (AvgIpc) is 3.77. The third-order valence-corrected chi connectivity index (χ3v) is 11.5. The lowest BCUT2D eigenvalue weighted by atomic mass is 9.82. The molecule has 1 saturated carbocycles. The minimum Gasteiger partial charge on any atom is -0.344 e. The molecule has 3 aromatic rings. The predicted molar refractivity (Wildman–Crippen MR) is 164 cm³/mol. The number of amides is 2. The third kappa shape index (κ3) is 5.86. The lowest BCUT2D eigenvalue weighted by molar-refractivity contribution is -0.144. The number of fused-ring (bicyclic) bond motifs is 2. The lowest BCUT2D eigenvalue weighted by Crippen LogP contribution is -2.60. The number of rotatable bonds is 8. The number of nitrogens with zero attached hydrogens (tertiary/aromatic N) is 3. The zero-order valence-corrected chi connectivity index (χ0v) is 25.6. The summed E-state index contributed by atoms with van der Waals surface area (Å²) in [5.41, 5.74) is 0.446. The Bertz CT molecular complexity index is 1380. The van der Waals surface area contributed by atoms with Gasteiger partial charge in [-0.2, -0.15) is 0 Å². The first-order valence-corrected chi connectivity index (χ1v) is 17.0.